The number of nitrogens with zero attached hydrogens (tertiary/aromatic N) is 2. The molecule has 0 spiro atoms. The first kappa shape index (κ1) is 10.5. The second-order valence-electron chi connectivity index (χ2n) is 3.30. The van der Waals surface area contributed by atoms with E-state index in [4.69, 9.17) is 11.6 Å². The first-order valence-electron chi connectivity index (χ1n) is 4.79. The van der Waals surface area contributed by atoms with Crippen LogP contribution < -0.4 is 11.6 Å². The normalized spacial score (nSPS) is 10.3. The quantitative estimate of drug-likeness (QED) is 0.750. The summed E-state index contributed by atoms with van der Waals surface area (Å²) in [7, 11) is 0. The molecule has 0 radical (unpaired) electrons. The Morgan fingerprint density at radius 3 is 2.81 bits per heavy atom. The lowest BCUT2D eigenvalue weighted by molar-refractivity contribution is 0.121. The Morgan fingerprint density at radius 1 is 1.19 bits per heavy atom. The molecule has 0 amide bonds. The van der Waals surface area contributed by atoms with E-state index in [1.54, 1.807) is 18.3 Å². The molecule has 4 N–H and O–H groups in total. The molecule has 0 fully saturated rings. The van der Waals surface area contributed by atoms with Gasteiger partial charge >= 0.3 is 0 Å². The van der Waals surface area contributed by atoms with Crippen molar-refractivity contribution in [2.24, 2.45) is 5.90 Å². The molecular formula is C11H12N4O. The number of pyridine rings is 2. The van der Waals surface area contributed by atoms with E-state index in [2.05, 4.69) is 14.8 Å². The van der Waals surface area contributed by atoms with Gasteiger partial charge in [0.1, 0.15) is 6.61 Å². The molecule has 2 rings (SSSR count). The number of rotatable bonds is 3. The van der Waals surface area contributed by atoms with Crippen LogP contribution in [0, 0.1) is 0 Å². The van der Waals surface area contributed by atoms with Gasteiger partial charge < -0.3 is 5.73 Å². The third kappa shape index (κ3) is 2.33. The standard InChI is InChI=1S/C11H12N4O/c12-8-4-5-14-11(6-8)10-3-1-2-9(15-10)7-16-13/h1-6H,7,13H2,(H2,12,14). The first-order chi connectivity index (χ1) is 7.79. The van der Waals surface area contributed by atoms with Gasteiger partial charge in [0.25, 0.3) is 0 Å². The summed E-state index contributed by atoms with van der Waals surface area (Å²) in [6, 6.07) is 9.08. The minimum atomic E-state index is 0.274. The van der Waals surface area contributed by atoms with Crippen molar-refractivity contribution >= 4 is 5.69 Å². The lowest BCUT2D eigenvalue weighted by atomic mass is 10.2. The van der Waals surface area contributed by atoms with Gasteiger partial charge in [-0.1, -0.05) is 6.07 Å². The Kier molecular flexibility index (Phi) is 3.09. The van der Waals surface area contributed by atoms with E-state index in [9.17, 15) is 0 Å². The van der Waals surface area contributed by atoms with Crippen LogP contribution in [-0.2, 0) is 11.4 Å². The first-order valence-corrected chi connectivity index (χ1v) is 4.79. The summed E-state index contributed by atoms with van der Waals surface area (Å²) in [6.07, 6.45) is 1.65. The number of aromatic nitrogens is 2. The predicted molar refractivity (Wildman–Crippen MR) is 60.9 cm³/mol. The Morgan fingerprint density at radius 2 is 2.06 bits per heavy atom. The molecule has 2 aromatic heterocycles. The molecule has 0 aliphatic heterocycles. The largest absolute Gasteiger partial charge is 0.399 e. The van der Waals surface area contributed by atoms with Gasteiger partial charge in [-0.15, -0.1) is 0 Å². The number of nitrogen functional groups attached to an aromatic ring is 1. The van der Waals surface area contributed by atoms with Crippen molar-refractivity contribution in [3.63, 3.8) is 0 Å². The fourth-order valence-electron chi connectivity index (χ4n) is 1.37. The molecule has 0 bridgehead atoms. The van der Waals surface area contributed by atoms with E-state index in [0.29, 0.717) is 5.69 Å². The Labute approximate surface area is 93.0 Å². The van der Waals surface area contributed by atoms with E-state index in [1.165, 1.54) is 0 Å². The molecule has 82 valence electrons. The van der Waals surface area contributed by atoms with Crippen molar-refractivity contribution in [3.8, 4) is 11.4 Å². The van der Waals surface area contributed by atoms with Gasteiger partial charge in [-0.3, -0.25) is 9.82 Å². The van der Waals surface area contributed by atoms with Crippen LogP contribution in [0.4, 0.5) is 5.69 Å². The average molecular weight is 216 g/mol. The van der Waals surface area contributed by atoms with Gasteiger partial charge in [0.2, 0.25) is 0 Å². The van der Waals surface area contributed by atoms with Crippen LogP contribution in [0.25, 0.3) is 11.4 Å². The third-order valence-electron chi connectivity index (χ3n) is 2.08. The molecule has 0 saturated heterocycles. The maximum absolute atomic E-state index is 5.68. The van der Waals surface area contributed by atoms with Gasteiger partial charge in [0.05, 0.1) is 17.1 Å². The molecule has 0 unspecified atom stereocenters. The van der Waals surface area contributed by atoms with Crippen LogP contribution in [-0.4, -0.2) is 9.97 Å². The summed E-state index contributed by atoms with van der Waals surface area (Å²) in [5.74, 6) is 5.00. The van der Waals surface area contributed by atoms with Gasteiger partial charge in [-0.05, 0) is 24.3 Å². The van der Waals surface area contributed by atoms with Crippen molar-refractivity contribution in [1.29, 1.82) is 0 Å². The molecule has 0 aliphatic rings. The monoisotopic (exact) mass is 216 g/mol. The van der Waals surface area contributed by atoms with Crippen LogP contribution >= 0.6 is 0 Å². The zero-order valence-corrected chi connectivity index (χ0v) is 8.63. The number of hydrogen-bond acceptors (Lipinski definition) is 5. The van der Waals surface area contributed by atoms with E-state index < -0.39 is 0 Å². The molecule has 0 aromatic carbocycles. The molecule has 0 aliphatic carbocycles. The topological polar surface area (TPSA) is 87.0 Å². The van der Waals surface area contributed by atoms with Crippen molar-refractivity contribution in [2.45, 2.75) is 6.61 Å². The lowest BCUT2D eigenvalue weighted by Gasteiger charge is -2.03. The average Bonchev–Trinajstić information content (AvgIpc) is 2.30. The highest BCUT2D eigenvalue weighted by molar-refractivity contribution is 5.59. The zero-order valence-electron chi connectivity index (χ0n) is 8.63. The van der Waals surface area contributed by atoms with Crippen molar-refractivity contribution in [1.82, 2.24) is 9.97 Å². The summed E-state index contributed by atoms with van der Waals surface area (Å²) in [5, 5.41) is 0. The third-order valence-corrected chi connectivity index (χ3v) is 2.08. The van der Waals surface area contributed by atoms with Crippen molar-refractivity contribution < 1.29 is 4.84 Å². The SMILES string of the molecule is NOCc1cccc(-c2cc(N)ccn2)n1. The molecule has 16 heavy (non-hydrogen) atoms. The summed E-state index contributed by atoms with van der Waals surface area (Å²) in [5.41, 5.74) is 8.58. The van der Waals surface area contributed by atoms with E-state index >= 15 is 0 Å². The number of hydrogen-bond donors (Lipinski definition) is 2. The second-order valence-corrected chi connectivity index (χ2v) is 3.30. The van der Waals surface area contributed by atoms with Gasteiger partial charge in [-0.25, -0.2) is 10.9 Å². The summed E-state index contributed by atoms with van der Waals surface area (Å²) in [6.45, 7) is 0.274. The minimum Gasteiger partial charge on any atom is -0.399 e. The molecule has 5 heteroatoms. The van der Waals surface area contributed by atoms with Gasteiger partial charge in [-0.2, -0.15) is 0 Å². The van der Waals surface area contributed by atoms with E-state index in [-0.39, 0.29) is 6.61 Å². The summed E-state index contributed by atoms with van der Waals surface area (Å²) >= 11 is 0. The van der Waals surface area contributed by atoms with Gasteiger partial charge in [0, 0.05) is 11.9 Å². The zero-order chi connectivity index (χ0) is 11.4. The Hall–Kier alpha value is -1.98. The van der Waals surface area contributed by atoms with E-state index in [1.807, 2.05) is 18.2 Å². The molecule has 0 saturated carbocycles. The Bertz CT molecular complexity index is 487. The predicted octanol–water partition coefficient (Wildman–Crippen LogP) is 1.12. The fourth-order valence-corrected chi connectivity index (χ4v) is 1.37. The van der Waals surface area contributed by atoms with Crippen molar-refractivity contribution in [2.75, 3.05) is 5.73 Å². The maximum Gasteiger partial charge on any atom is 0.110 e. The highest BCUT2D eigenvalue weighted by Crippen LogP contribution is 2.16. The van der Waals surface area contributed by atoms with Crippen LogP contribution in [0.5, 0.6) is 0 Å². The van der Waals surface area contributed by atoms with Gasteiger partial charge in [0.15, 0.2) is 0 Å². The van der Waals surface area contributed by atoms with Crippen molar-refractivity contribution in [3.05, 3.63) is 42.2 Å². The van der Waals surface area contributed by atoms with Crippen LogP contribution in [0.1, 0.15) is 5.69 Å². The fraction of sp³-hybridized carbons (Fsp3) is 0.0909. The highest BCUT2D eigenvalue weighted by Gasteiger charge is 2.02. The molecule has 0 atom stereocenters. The smallest absolute Gasteiger partial charge is 0.110 e. The maximum atomic E-state index is 5.68. The molecule has 2 heterocycles. The highest BCUT2D eigenvalue weighted by atomic mass is 16.6. The van der Waals surface area contributed by atoms with Crippen LogP contribution in [0.2, 0.25) is 0 Å². The van der Waals surface area contributed by atoms with E-state index in [0.717, 1.165) is 17.1 Å². The van der Waals surface area contributed by atoms with Crippen LogP contribution in [0.3, 0.4) is 0 Å². The summed E-state index contributed by atoms with van der Waals surface area (Å²) in [4.78, 5) is 13.1. The lowest BCUT2D eigenvalue weighted by Crippen LogP contribution is -2.01. The minimum absolute atomic E-state index is 0.274. The number of anilines is 1. The molecular weight excluding hydrogens is 204 g/mol. The van der Waals surface area contributed by atoms with Crippen LogP contribution in [0.15, 0.2) is 36.5 Å². The number of nitrogens with two attached hydrogens (primary N) is 2. The molecule has 2 aromatic rings. The second kappa shape index (κ2) is 4.69. The summed E-state index contributed by atoms with van der Waals surface area (Å²) < 4.78 is 0. The Balaban J connectivity index is 2.36. The molecule has 5 nitrogen and oxygen atoms in total.